The molecule has 0 fully saturated rings. The highest BCUT2D eigenvalue weighted by molar-refractivity contribution is 7.84. The number of halogens is 3. The van der Waals surface area contributed by atoms with Crippen LogP contribution >= 0.6 is 0 Å². The van der Waals surface area contributed by atoms with Crippen LogP contribution in [0.1, 0.15) is 32.4 Å². The number of hydrogen-bond donors (Lipinski definition) is 1. The number of hydrogen-bond acceptors (Lipinski definition) is 1. The predicted octanol–water partition coefficient (Wildman–Crippen LogP) is 3.34. The third-order valence-electron chi connectivity index (χ3n) is 2.24. The maximum absolute atomic E-state index is 13.0. The van der Waals surface area contributed by atoms with E-state index < -0.39 is 28.0 Å². The number of alkyl halides is 3. The van der Waals surface area contributed by atoms with Gasteiger partial charge in [-0.25, -0.2) is 8.93 Å². The molecule has 1 aromatic carbocycles. The zero-order valence-electron chi connectivity index (χ0n) is 10.4. The summed E-state index contributed by atoms with van der Waals surface area (Å²) in [6.45, 7) is 4.86. The van der Waals surface area contributed by atoms with Crippen molar-refractivity contribution in [1.29, 1.82) is 0 Å². The van der Waals surface area contributed by atoms with E-state index in [9.17, 15) is 17.4 Å². The summed E-state index contributed by atoms with van der Waals surface area (Å²) in [6.07, 6.45) is -4.48. The van der Waals surface area contributed by atoms with E-state index in [4.69, 9.17) is 0 Å². The first-order chi connectivity index (χ1) is 8.12. The Hall–Kier alpha value is -0.880. The molecule has 1 unspecified atom stereocenters. The van der Waals surface area contributed by atoms with Crippen molar-refractivity contribution in [3.05, 3.63) is 35.9 Å². The molecule has 0 radical (unpaired) electrons. The molecule has 2 nitrogen and oxygen atoms in total. The first-order valence-electron chi connectivity index (χ1n) is 5.42. The smallest absolute Gasteiger partial charge is 0.242 e. The fourth-order valence-corrected chi connectivity index (χ4v) is 2.09. The summed E-state index contributed by atoms with van der Waals surface area (Å²) in [5.74, 6) is 0. The standard InChI is InChI=1S/C12H16F3NOS/c1-11(2,3)18(17)16-10(12(13,14)15)9-7-5-4-6-8-9/h4-8,10,16H,1-3H3/t10-,18?/m1/s1. The van der Waals surface area contributed by atoms with Gasteiger partial charge in [0, 0.05) is 0 Å². The highest BCUT2D eigenvalue weighted by Gasteiger charge is 2.42. The van der Waals surface area contributed by atoms with E-state index in [-0.39, 0.29) is 5.56 Å². The zero-order chi connectivity index (χ0) is 14.0. The van der Waals surface area contributed by atoms with Crippen molar-refractivity contribution >= 4 is 11.0 Å². The Labute approximate surface area is 107 Å². The molecule has 1 aromatic rings. The third kappa shape index (κ3) is 4.10. The first kappa shape index (κ1) is 15.2. The maximum Gasteiger partial charge on any atom is 0.408 e. The second-order valence-corrected chi connectivity index (χ2v) is 6.88. The molecule has 0 aliphatic heterocycles. The molecule has 0 bridgehead atoms. The molecule has 102 valence electrons. The van der Waals surface area contributed by atoms with Crippen LogP contribution in [0.3, 0.4) is 0 Å². The van der Waals surface area contributed by atoms with Crippen LogP contribution in [-0.4, -0.2) is 15.1 Å². The lowest BCUT2D eigenvalue weighted by atomic mass is 10.1. The van der Waals surface area contributed by atoms with Crippen LogP contribution in [0.4, 0.5) is 13.2 Å². The average molecular weight is 279 g/mol. The number of benzene rings is 1. The first-order valence-corrected chi connectivity index (χ1v) is 6.57. The van der Waals surface area contributed by atoms with Crippen LogP contribution in [0, 0.1) is 0 Å². The molecule has 1 rings (SSSR count). The van der Waals surface area contributed by atoms with Crippen LogP contribution < -0.4 is 4.72 Å². The molecule has 0 aliphatic rings. The van der Waals surface area contributed by atoms with Gasteiger partial charge in [0.05, 0.1) is 15.7 Å². The Morgan fingerprint density at radius 1 is 1.11 bits per heavy atom. The van der Waals surface area contributed by atoms with Gasteiger partial charge in [-0.3, -0.25) is 0 Å². The summed E-state index contributed by atoms with van der Waals surface area (Å²) in [6, 6.07) is 5.50. The zero-order valence-corrected chi connectivity index (χ0v) is 11.2. The van der Waals surface area contributed by atoms with Gasteiger partial charge in [0.2, 0.25) is 0 Å². The van der Waals surface area contributed by atoms with Gasteiger partial charge in [0.15, 0.2) is 0 Å². The normalized spacial score (nSPS) is 16.3. The lowest BCUT2D eigenvalue weighted by molar-refractivity contribution is -0.152. The molecule has 18 heavy (non-hydrogen) atoms. The van der Waals surface area contributed by atoms with Gasteiger partial charge < -0.3 is 0 Å². The van der Waals surface area contributed by atoms with E-state index >= 15 is 0 Å². The lowest BCUT2D eigenvalue weighted by Crippen LogP contribution is -2.41. The molecule has 0 saturated heterocycles. The van der Waals surface area contributed by atoms with E-state index in [1.54, 1.807) is 26.8 Å². The van der Waals surface area contributed by atoms with Gasteiger partial charge in [0.1, 0.15) is 6.04 Å². The molecule has 0 amide bonds. The Morgan fingerprint density at radius 3 is 2.00 bits per heavy atom. The lowest BCUT2D eigenvalue weighted by Gasteiger charge is -2.26. The van der Waals surface area contributed by atoms with Crippen LogP contribution in [0.15, 0.2) is 30.3 Å². The number of rotatable bonds is 3. The summed E-state index contributed by atoms with van der Waals surface area (Å²) >= 11 is 0. The Kier molecular flexibility index (Phi) is 4.55. The van der Waals surface area contributed by atoms with Gasteiger partial charge in [0.25, 0.3) is 0 Å². The van der Waals surface area contributed by atoms with Gasteiger partial charge in [-0.1, -0.05) is 30.3 Å². The molecule has 0 spiro atoms. The van der Waals surface area contributed by atoms with Crippen molar-refractivity contribution in [2.45, 2.75) is 37.7 Å². The van der Waals surface area contributed by atoms with Crippen LogP contribution in [-0.2, 0) is 11.0 Å². The minimum Gasteiger partial charge on any atom is -0.242 e. The van der Waals surface area contributed by atoms with Gasteiger partial charge in [-0.05, 0) is 26.3 Å². The summed E-state index contributed by atoms with van der Waals surface area (Å²) in [5, 5.41) is 0. The minimum absolute atomic E-state index is 0.0580. The molecule has 6 heteroatoms. The Balaban J connectivity index is 2.99. The Morgan fingerprint density at radius 2 is 1.61 bits per heavy atom. The van der Waals surface area contributed by atoms with Crippen LogP contribution in [0.25, 0.3) is 0 Å². The quantitative estimate of drug-likeness (QED) is 0.903. The molecule has 1 N–H and O–H groups in total. The molecular formula is C12H16F3NOS. The second-order valence-electron chi connectivity index (χ2n) is 4.88. The van der Waals surface area contributed by atoms with Crippen molar-refractivity contribution in [2.75, 3.05) is 0 Å². The monoisotopic (exact) mass is 279 g/mol. The van der Waals surface area contributed by atoms with Gasteiger partial charge in [-0.2, -0.15) is 13.2 Å². The summed E-state index contributed by atoms with van der Waals surface area (Å²) in [5.41, 5.74) is 0.0580. The molecule has 2 atom stereocenters. The maximum atomic E-state index is 13.0. The topological polar surface area (TPSA) is 29.1 Å². The Bertz CT molecular complexity index is 412. The van der Waals surface area contributed by atoms with Crippen molar-refractivity contribution in [3.63, 3.8) is 0 Å². The molecule has 0 aromatic heterocycles. The average Bonchev–Trinajstić information content (AvgIpc) is 2.23. The molecule has 0 saturated carbocycles. The van der Waals surface area contributed by atoms with Crippen LogP contribution in [0.2, 0.25) is 0 Å². The van der Waals surface area contributed by atoms with Gasteiger partial charge in [-0.15, -0.1) is 0 Å². The summed E-state index contributed by atoms with van der Waals surface area (Å²) < 4.78 is 52.1. The predicted molar refractivity (Wildman–Crippen MR) is 66.3 cm³/mol. The highest BCUT2D eigenvalue weighted by atomic mass is 32.2. The molecule has 0 aliphatic carbocycles. The number of nitrogens with one attached hydrogen (secondary N) is 1. The van der Waals surface area contributed by atoms with Crippen molar-refractivity contribution in [3.8, 4) is 0 Å². The van der Waals surface area contributed by atoms with Gasteiger partial charge >= 0.3 is 6.18 Å². The fraction of sp³-hybridized carbons (Fsp3) is 0.500. The molecular weight excluding hydrogens is 263 g/mol. The third-order valence-corrected chi connectivity index (χ3v) is 3.80. The fourth-order valence-electron chi connectivity index (χ4n) is 1.25. The second kappa shape index (κ2) is 5.40. The van der Waals surface area contributed by atoms with Crippen LogP contribution in [0.5, 0.6) is 0 Å². The minimum atomic E-state index is -4.48. The highest BCUT2D eigenvalue weighted by Crippen LogP contribution is 2.33. The van der Waals surface area contributed by atoms with E-state index in [1.807, 2.05) is 0 Å². The molecule has 0 heterocycles. The van der Waals surface area contributed by atoms with E-state index in [0.29, 0.717) is 0 Å². The largest absolute Gasteiger partial charge is 0.408 e. The SMILES string of the molecule is CC(C)(C)S(=O)N[C@H](c1ccccc1)C(F)(F)F. The van der Waals surface area contributed by atoms with Crippen molar-refractivity contribution < 1.29 is 17.4 Å². The van der Waals surface area contributed by atoms with E-state index in [1.165, 1.54) is 24.3 Å². The summed E-state index contributed by atoms with van der Waals surface area (Å²) in [4.78, 5) is 0. The summed E-state index contributed by atoms with van der Waals surface area (Å²) in [7, 11) is -1.78. The van der Waals surface area contributed by atoms with E-state index in [2.05, 4.69) is 4.72 Å². The van der Waals surface area contributed by atoms with Crippen molar-refractivity contribution in [2.24, 2.45) is 0 Å². The van der Waals surface area contributed by atoms with E-state index in [0.717, 1.165) is 0 Å². The van der Waals surface area contributed by atoms with Crippen molar-refractivity contribution in [1.82, 2.24) is 4.72 Å².